The fraction of sp³-hybridized carbons (Fsp3) is 0.650. The summed E-state index contributed by atoms with van der Waals surface area (Å²) in [7, 11) is 1.65. The van der Waals surface area contributed by atoms with Crippen LogP contribution in [0.4, 0.5) is 4.79 Å². The molecular formula is C20H29N3O3. The molecular weight excluding hydrogens is 330 g/mol. The molecule has 6 heteroatoms. The molecule has 0 bridgehead atoms. The molecule has 3 aliphatic rings. The highest BCUT2D eigenvalue weighted by Gasteiger charge is 2.36. The summed E-state index contributed by atoms with van der Waals surface area (Å²) in [6.07, 6.45) is 5.22. The second kappa shape index (κ2) is 7.74. The Hall–Kier alpha value is -1.95. The largest absolute Gasteiger partial charge is 0.497 e. The van der Waals surface area contributed by atoms with Gasteiger partial charge in [-0.1, -0.05) is 6.42 Å². The van der Waals surface area contributed by atoms with Crippen LogP contribution in [0.5, 0.6) is 11.5 Å². The molecule has 2 aliphatic heterocycles. The average Bonchev–Trinajstić information content (AvgIpc) is 2.82. The van der Waals surface area contributed by atoms with Gasteiger partial charge in [-0.15, -0.1) is 0 Å². The fourth-order valence-corrected chi connectivity index (χ4v) is 3.96. The lowest BCUT2D eigenvalue weighted by molar-refractivity contribution is 0.0308. The monoisotopic (exact) mass is 359 g/mol. The molecule has 0 atom stereocenters. The third kappa shape index (κ3) is 3.75. The van der Waals surface area contributed by atoms with Crippen molar-refractivity contribution in [2.45, 2.75) is 37.8 Å². The standard InChI is InChI=1S/C20H29N3O3/c1-25-17-6-8-18(9-7-17)26-19-14-23(15-19)20(24)22-11-3-10-21(12-13-22)16-4-2-5-16/h6-9,16,19H,2-5,10-15H2,1H3. The van der Waals surface area contributed by atoms with Crippen LogP contribution >= 0.6 is 0 Å². The number of nitrogens with zero attached hydrogens (tertiary/aromatic N) is 3. The zero-order valence-electron chi connectivity index (χ0n) is 15.6. The number of ether oxygens (including phenoxy) is 2. The number of methoxy groups -OCH3 is 1. The van der Waals surface area contributed by atoms with E-state index in [1.54, 1.807) is 7.11 Å². The van der Waals surface area contributed by atoms with Gasteiger partial charge in [-0.05, 0) is 43.5 Å². The molecule has 142 valence electrons. The van der Waals surface area contributed by atoms with Crippen molar-refractivity contribution in [3.63, 3.8) is 0 Å². The van der Waals surface area contributed by atoms with E-state index in [1.165, 1.54) is 19.3 Å². The summed E-state index contributed by atoms with van der Waals surface area (Å²) in [6, 6.07) is 8.55. The lowest BCUT2D eigenvalue weighted by Crippen LogP contribution is -2.60. The Bertz CT molecular complexity index is 611. The lowest BCUT2D eigenvalue weighted by Gasteiger charge is -2.41. The van der Waals surface area contributed by atoms with Crippen molar-refractivity contribution in [2.75, 3.05) is 46.4 Å². The number of likely N-dealkylation sites (tertiary alicyclic amines) is 1. The molecule has 0 aromatic heterocycles. The van der Waals surface area contributed by atoms with Crippen LogP contribution in [0.1, 0.15) is 25.7 Å². The molecule has 2 saturated heterocycles. The van der Waals surface area contributed by atoms with E-state index in [2.05, 4.69) is 4.90 Å². The molecule has 1 aromatic carbocycles. The van der Waals surface area contributed by atoms with Gasteiger partial charge in [0, 0.05) is 32.2 Å². The number of carbonyl (C=O) groups is 1. The van der Waals surface area contributed by atoms with E-state index in [0.29, 0.717) is 13.1 Å². The Morgan fingerprint density at radius 2 is 1.65 bits per heavy atom. The first-order valence-corrected chi connectivity index (χ1v) is 9.81. The summed E-state index contributed by atoms with van der Waals surface area (Å²) < 4.78 is 11.1. The molecule has 2 heterocycles. The zero-order valence-corrected chi connectivity index (χ0v) is 15.6. The highest BCUT2D eigenvalue weighted by atomic mass is 16.5. The Labute approximate surface area is 155 Å². The first kappa shape index (κ1) is 17.5. The van der Waals surface area contributed by atoms with E-state index in [4.69, 9.17) is 9.47 Å². The Kier molecular flexibility index (Phi) is 5.20. The predicted octanol–water partition coefficient (Wildman–Crippen LogP) is 2.44. The highest BCUT2D eigenvalue weighted by Crippen LogP contribution is 2.26. The number of hydrogen-bond acceptors (Lipinski definition) is 4. The van der Waals surface area contributed by atoms with E-state index in [9.17, 15) is 4.79 Å². The first-order valence-electron chi connectivity index (χ1n) is 9.81. The van der Waals surface area contributed by atoms with Gasteiger partial charge in [-0.3, -0.25) is 4.90 Å². The van der Waals surface area contributed by atoms with E-state index in [0.717, 1.165) is 50.1 Å². The van der Waals surface area contributed by atoms with Gasteiger partial charge in [0.15, 0.2) is 0 Å². The van der Waals surface area contributed by atoms with E-state index in [-0.39, 0.29) is 12.1 Å². The SMILES string of the molecule is COc1ccc(OC2CN(C(=O)N3CCCN(C4CCC4)CC3)C2)cc1. The van der Waals surface area contributed by atoms with Gasteiger partial charge in [-0.25, -0.2) is 4.79 Å². The van der Waals surface area contributed by atoms with E-state index in [1.807, 2.05) is 34.1 Å². The molecule has 1 aliphatic carbocycles. The van der Waals surface area contributed by atoms with E-state index < -0.39 is 0 Å². The van der Waals surface area contributed by atoms with Crippen molar-refractivity contribution in [1.29, 1.82) is 0 Å². The van der Waals surface area contributed by atoms with Crippen LogP contribution < -0.4 is 9.47 Å². The van der Waals surface area contributed by atoms with Crippen LogP contribution in [-0.2, 0) is 0 Å². The van der Waals surface area contributed by atoms with Crippen molar-refractivity contribution >= 4 is 6.03 Å². The van der Waals surface area contributed by atoms with Crippen molar-refractivity contribution in [3.8, 4) is 11.5 Å². The maximum Gasteiger partial charge on any atom is 0.320 e. The minimum Gasteiger partial charge on any atom is -0.497 e. The van der Waals surface area contributed by atoms with Crippen LogP contribution in [0.25, 0.3) is 0 Å². The van der Waals surface area contributed by atoms with Crippen molar-refractivity contribution < 1.29 is 14.3 Å². The van der Waals surface area contributed by atoms with Gasteiger partial charge in [-0.2, -0.15) is 0 Å². The molecule has 1 saturated carbocycles. The quantitative estimate of drug-likeness (QED) is 0.828. The predicted molar refractivity (Wildman–Crippen MR) is 99.8 cm³/mol. The second-order valence-corrected chi connectivity index (χ2v) is 7.56. The van der Waals surface area contributed by atoms with Crippen LogP contribution in [0, 0.1) is 0 Å². The second-order valence-electron chi connectivity index (χ2n) is 7.56. The van der Waals surface area contributed by atoms with Crippen LogP contribution in [0.3, 0.4) is 0 Å². The minimum absolute atomic E-state index is 0.0887. The van der Waals surface area contributed by atoms with Crippen molar-refractivity contribution in [2.24, 2.45) is 0 Å². The molecule has 2 amide bonds. The molecule has 26 heavy (non-hydrogen) atoms. The van der Waals surface area contributed by atoms with Gasteiger partial charge in [0.2, 0.25) is 0 Å². The maximum atomic E-state index is 12.7. The van der Waals surface area contributed by atoms with Crippen molar-refractivity contribution in [3.05, 3.63) is 24.3 Å². The number of rotatable bonds is 4. The summed E-state index contributed by atoms with van der Waals surface area (Å²) in [5.41, 5.74) is 0. The first-order chi connectivity index (χ1) is 12.7. The summed E-state index contributed by atoms with van der Waals surface area (Å²) in [4.78, 5) is 19.3. The van der Waals surface area contributed by atoms with Gasteiger partial charge in [0.25, 0.3) is 0 Å². The molecule has 6 nitrogen and oxygen atoms in total. The number of hydrogen-bond donors (Lipinski definition) is 0. The topological polar surface area (TPSA) is 45.3 Å². The number of urea groups is 1. The highest BCUT2D eigenvalue weighted by molar-refractivity contribution is 5.75. The summed E-state index contributed by atoms with van der Waals surface area (Å²) in [5.74, 6) is 1.65. The zero-order chi connectivity index (χ0) is 17.9. The smallest absolute Gasteiger partial charge is 0.320 e. The number of carbonyl (C=O) groups excluding carboxylic acids is 1. The summed E-state index contributed by atoms with van der Waals surface area (Å²) in [5, 5.41) is 0. The Morgan fingerprint density at radius 3 is 2.31 bits per heavy atom. The third-order valence-electron chi connectivity index (χ3n) is 5.87. The molecule has 3 fully saturated rings. The average molecular weight is 359 g/mol. The Morgan fingerprint density at radius 1 is 0.923 bits per heavy atom. The van der Waals surface area contributed by atoms with Crippen LogP contribution in [0.2, 0.25) is 0 Å². The fourth-order valence-electron chi connectivity index (χ4n) is 3.96. The molecule has 0 spiro atoms. The molecule has 0 unspecified atom stereocenters. The molecule has 1 aromatic rings. The molecule has 4 rings (SSSR count). The van der Waals surface area contributed by atoms with Gasteiger partial charge < -0.3 is 19.3 Å². The molecule has 0 N–H and O–H groups in total. The van der Waals surface area contributed by atoms with E-state index >= 15 is 0 Å². The Balaban J connectivity index is 1.22. The molecule has 0 radical (unpaired) electrons. The summed E-state index contributed by atoms with van der Waals surface area (Å²) in [6.45, 7) is 5.24. The van der Waals surface area contributed by atoms with Crippen molar-refractivity contribution in [1.82, 2.24) is 14.7 Å². The van der Waals surface area contributed by atoms with Gasteiger partial charge >= 0.3 is 6.03 Å². The van der Waals surface area contributed by atoms with Crippen LogP contribution in [-0.4, -0.2) is 79.3 Å². The lowest BCUT2D eigenvalue weighted by atomic mass is 9.91. The summed E-state index contributed by atoms with van der Waals surface area (Å²) >= 11 is 0. The maximum absolute atomic E-state index is 12.7. The van der Waals surface area contributed by atoms with Gasteiger partial charge in [0.05, 0.1) is 20.2 Å². The number of benzene rings is 1. The van der Waals surface area contributed by atoms with Gasteiger partial charge in [0.1, 0.15) is 17.6 Å². The normalized spacial score (nSPS) is 22.3. The number of amides is 2. The minimum atomic E-state index is 0.0887. The van der Waals surface area contributed by atoms with Crippen LogP contribution in [0.15, 0.2) is 24.3 Å². The third-order valence-corrected chi connectivity index (χ3v) is 5.87.